The number of rotatable bonds is 2. The van der Waals surface area contributed by atoms with Crippen molar-refractivity contribution in [2.75, 3.05) is 13.1 Å². The van der Waals surface area contributed by atoms with Crippen molar-refractivity contribution in [3.05, 3.63) is 29.3 Å². The molecule has 1 aliphatic heterocycles. The molecule has 1 aromatic carbocycles. The molecule has 19 heavy (non-hydrogen) atoms. The number of aliphatic hydroxyl groups excluding tert-OH is 1. The topological polar surface area (TPSA) is 60.8 Å². The summed E-state index contributed by atoms with van der Waals surface area (Å²) in [6, 6.07) is 5.22. The summed E-state index contributed by atoms with van der Waals surface area (Å²) in [5, 5.41) is 19.5. The van der Waals surface area contributed by atoms with Gasteiger partial charge in [-0.25, -0.2) is 0 Å². The molecule has 1 amide bonds. The molecule has 1 unspecified atom stereocenters. The van der Waals surface area contributed by atoms with Crippen LogP contribution in [0.25, 0.3) is 0 Å². The van der Waals surface area contributed by atoms with E-state index >= 15 is 0 Å². The lowest BCUT2D eigenvalue weighted by Crippen LogP contribution is -2.40. The van der Waals surface area contributed by atoms with E-state index in [1.54, 1.807) is 36.9 Å². The highest BCUT2D eigenvalue weighted by atomic mass is 16.3. The fourth-order valence-corrected chi connectivity index (χ4v) is 2.59. The molecule has 4 nitrogen and oxygen atoms in total. The molecule has 1 fully saturated rings. The van der Waals surface area contributed by atoms with Gasteiger partial charge < -0.3 is 15.1 Å². The number of hydrogen-bond donors (Lipinski definition) is 2. The summed E-state index contributed by atoms with van der Waals surface area (Å²) < 4.78 is 0. The van der Waals surface area contributed by atoms with E-state index in [-0.39, 0.29) is 23.7 Å². The van der Waals surface area contributed by atoms with E-state index < -0.39 is 0 Å². The van der Waals surface area contributed by atoms with Crippen LogP contribution >= 0.6 is 0 Å². The first kappa shape index (κ1) is 13.9. The number of nitrogens with zero attached hydrogens (tertiary/aromatic N) is 1. The third kappa shape index (κ3) is 2.89. The molecule has 0 spiro atoms. The number of phenols is 1. The Hall–Kier alpha value is -1.55. The van der Waals surface area contributed by atoms with Crippen molar-refractivity contribution < 1.29 is 15.0 Å². The molecular formula is C15H21NO3. The smallest absolute Gasteiger partial charge is 0.257 e. The van der Waals surface area contributed by atoms with E-state index in [0.717, 1.165) is 12.8 Å². The standard InChI is InChI=1S/C15H21NO3/c1-10-4-3-5-13(14(10)18)15(19)16-8-6-12(7-9-16)11(2)17/h3-5,11-12,17-18H,6-9H2,1-2H3. The third-order valence-electron chi connectivity index (χ3n) is 3.98. The lowest BCUT2D eigenvalue weighted by atomic mass is 9.92. The Morgan fingerprint density at radius 2 is 2.00 bits per heavy atom. The average Bonchev–Trinajstić information content (AvgIpc) is 2.41. The minimum absolute atomic E-state index is 0.0742. The minimum Gasteiger partial charge on any atom is -0.507 e. The van der Waals surface area contributed by atoms with Crippen molar-refractivity contribution in [2.45, 2.75) is 32.8 Å². The number of para-hydroxylation sites is 1. The Balaban J connectivity index is 2.07. The van der Waals surface area contributed by atoms with Crippen molar-refractivity contribution in [1.82, 2.24) is 4.90 Å². The van der Waals surface area contributed by atoms with Crippen LogP contribution in [-0.4, -0.2) is 40.2 Å². The lowest BCUT2D eigenvalue weighted by molar-refractivity contribution is 0.0519. The molecule has 2 rings (SSSR count). The SMILES string of the molecule is Cc1cccc(C(=O)N2CCC(C(C)O)CC2)c1O. The van der Waals surface area contributed by atoms with Crippen molar-refractivity contribution in [3.63, 3.8) is 0 Å². The largest absolute Gasteiger partial charge is 0.507 e. The molecule has 1 saturated heterocycles. The van der Waals surface area contributed by atoms with Crippen LogP contribution in [-0.2, 0) is 0 Å². The molecule has 4 heteroatoms. The van der Waals surface area contributed by atoms with Gasteiger partial charge in [-0.05, 0) is 44.2 Å². The zero-order valence-electron chi connectivity index (χ0n) is 11.5. The van der Waals surface area contributed by atoms with E-state index in [1.165, 1.54) is 0 Å². The monoisotopic (exact) mass is 263 g/mol. The number of aromatic hydroxyl groups is 1. The summed E-state index contributed by atoms with van der Waals surface area (Å²) in [6.07, 6.45) is 1.32. The number of likely N-dealkylation sites (tertiary alicyclic amines) is 1. The van der Waals surface area contributed by atoms with Gasteiger partial charge in [-0.3, -0.25) is 4.79 Å². The maximum atomic E-state index is 12.4. The van der Waals surface area contributed by atoms with Crippen molar-refractivity contribution >= 4 is 5.91 Å². The lowest BCUT2D eigenvalue weighted by Gasteiger charge is -2.33. The van der Waals surface area contributed by atoms with Crippen molar-refractivity contribution in [3.8, 4) is 5.75 Å². The van der Waals surface area contributed by atoms with Crippen molar-refractivity contribution in [1.29, 1.82) is 0 Å². The van der Waals surface area contributed by atoms with Crippen LogP contribution < -0.4 is 0 Å². The normalized spacial score (nSPS) is 18.4. The first-order chi connectivity index (χ1) is 9.00. The molecule has 1 aliphatic rings. The molecule has 104 valence electrons. The second kappa shape index (κ2) is 5.61. The predicted molar refractivity (Wildman–Crippen MR) is 73.2 cm³/mol. The Morgan fingerprint density at radius 3 is 2.58 bits per heavy atom. The van der Waals surface area contributed by atoms with Gasteiger partial charge in [-0.2, -0.15) is 0 Å². The quantitative estimate of drug-likeness (QED) is 0.857. The van der Waals surface area contributed by atoms with Gasteiger partial charge in [0.1, 0.15) is 5.75 Å². The number of amides is 1. The number of carbonyl (C=O) groups is 1. The Kier molecular flexibility index (Phi) is 4.10. The van der Waals surface area contributed by atoms with Gasteiger partial charge in [-0.15, -0.1) is 0 Å². The number of aliphatic hydroxyl groups is 1. The summed E-state index contributed by atoms with van der Waals surface area (Å²) in [5.74, 6) is 0.227. The second-order valence-electron chi connectivity index (χ2n) is 5.34. The van der Waals surface area contributed by atoms with Gasteiger partial charge >= 0.3 is 0 Å². The van der Waals surface area contributed by atoms with Gasteiger partial charge in [0.05, 0.1) is 11.7 Å². The molecule has 0 bridgehead atoms. The average molecular weight is 263 g/mol. The fourth-order valence-electron chi connectivity index (χ4n) is 2.59. The zero-order valence-corrected chi connectivity index (χ0v) is 11.5. The number of hydrogen-bond acceptors (Lipinski definition) is 3. The Morgan fingerprint density at radius 1 is 1.37 bits per heavy atom. The minimum atomic E-state index is -0.315. The molecular weight excluding hydrogens is 242 g/mol. The van der Waals surface area contributed by atoms with Crippen LogP contribution in [0.1, 0.15) is 35.7 Å². The maximum Gasteiger partial charge on any atom is 0.257 e. The number of aryl methyl sites for hydroxylation is 1. The highest BCUT2D eigenvalue weighted by Crippen LogP contribution is 2.26. The zero-order chi connectivity index (χ0) is 14.0. The first-order valence-corrected chi connectivity index (χ1v) is 6.76. The van der Waals surface area contributed by atoms with E-state index in [2.05, 4.69) is 0 Å². The van der Waals surface area contributed by atoms with E-state index in [0.29, 0.717) is 24.2 Å². The number of benzene rings is 1. The van der Waals surface area contributed by atoms with Crippen LogP contribution in [0.4, 0.5) is 0 Å². The highest BCUT2D eigenvalue weighted by molar-refractivity contribution is 5.97. The molecule has 1 aromatic rings. The first-order valence-electron chi connectivity index (χ1n) is 6.76. The Bertz CT molecular complexity index is 462. The number of phenolic OH excluding ortho intramolecular Hbond substituents is 1. The van der Waals surface area contributed by atoms with E-state index in [1.807, 2.05) is 0 Å². The third-order valence-corrected chi connectivity index (χ3v) is 3.98. The van der Waals surface area contributed by atoms with Crippen LogP contribution in [0, 0.1) is 12.8 Å². The summed E-state index contributed by atoms with van der Waals surface area (Å²) in [4.78, 5) is 14.1. The van der Waals surface area contributed by atoms with Crippen LogP contribution in [0.15, 0.2) is 18.2 Å². The summed E-state index contributed by atoms with van der Waals surface area (Å²) in [7, 11) is 0. The maximum absolute atomic E-state index is 12.4. The van der Waals surface area contributed by atoms with Crippen LogP contribution in [0.5, 0.6) is 5.75 Å². The molecule has 1 atom stereocenters. The molecule has 0 aliphatic carbocycles. The van der Waals surface area contributed by atoms with Crippen molar-refractivity contribution in [2.24, 2.45) is 5.92 Å². The second-order valence-corrected chi connectivity index (χ2v) is 5.34. The Labute approximate surface area is 113 Å². The summed E-state index contributed by atoms with van der Waals surface area (Å²) in [5.41, 5.74) is 1.08. The van der Waals surface area contributed by atoms with Gasteiger partial charge in [0.15, 0.2) is 0 Å². The number of piperidine rings is 1. The summed E-state index contributed by atoms with van der Waals surface area (Å²) >= 11 is 0. The molecule has 0 saturated carbocycles. The molecule has 2 N–H and O–H groups in total. The van der Waals surface area contributed by atoms with E-state index in [4.69, 9.17) is 0 Å². The summed E-state index contributed by atoms with van der Waals surface area (Å²) in [6.45, 7) is 4.86. The number of carbonyl (C=O) groups excluding carboxylic acids is 1. The molecule has 0 aromatic heterocycles. The van der Waals surface area contributed by atoms with Crippen LogP contribution in [0.3, 0.4) is 0 Å². The van der Waals surface area contributed by atoms with Crippen LogP contribution in [0.2, 0.25) is 0 Å². The fraction of sp³-hybridized carbons (Fsp3) is 0.533. The highest BCUT2D eigenvalue weighted by Gasteiger charge is 2.27. The van der Waals surface area contributed by atoms with Gasteiger partial charge in [0.25, 0.3) is 5.91 Å². The van der Waals surface area contributed by atoms with E-state index in [9.17, 15) is 15.0 Å². The van der Waals surface area contributed by atoms with Gasteiger partial charge in [0, 0.05) is 13.1 Å². The molecule has 1 heterocycles. The van der Waals surface area contributed by atoms with Gasteiger partial charge in [0.2, 0.25) is 0 Å². The van der Waals surface area contributed by atoms with Gasteiger partial charge in [-0.1, -0.05) is 12.1 Å². The predicted octanol–water partition coefficient (Wildman–Crippen LogP) is 1.93. The molecule has 0 radical (unpaired) electrons.